The van der Waals surface area contributed by atoms with Crippen LogP contribution in [0.1, 0.15) is 25.0 Å². The molecule has 9 aromatic rings. The van der Waals surface area contributed by atoms with E-state index in [1.54, 1.807) is 0 Å². The van der Waals surface area contributed by atoms with E-state index in [0.717, 1.165) is 17.1 Å². The number of hydrogen-bond donors (Lipinski definition) is 0. The highest BCUT2D eigenvalue weighted by Gasteiger charge is 2.35. The summed E-state index contributed by atoms with van der Waals surface area (Å²) in [6.45, 7) is 4.71. The van der Waals surface area contributed by atoms with E-state index in [-0.39, 0.29) is 5.41 Å². The van der Waals surface area contributed by atoms with Crippen LogP contribution in [0.3, 0.4) is 0 Å². The minimum atomic E-state index is -0.0862. The molecule has 246 valence electrons. The second kappa shape index (κ2) is 11.8. The summed E-state index contributed by atoms with van der Waals surface area (Å²) in [6.07, 6.45) is 0. The first-order valence-electron chi connectivity index (χ1n) is 18.2. The van der Waals surface area contributed by atoms with Gasteiger partial charge in [-0.2, -0.15) is 0 Å². The molecule has 52 heavy (non-hydrogen) atoms. The van der Waals surface area contributed by atoms with E-state index in [2.05, 4.69) is 207 Å². The zero-order chi connectivity index (χ0) is 34.8. The molecule has 1 nitrogen and oxygen atoms in total. The lowest BCUT2D eigenvalue weighted by Gasteiger charge is -2.28. The zero-order valence-corrected chi connectivity index (χ0v) is 29.3. The SMILES string of the molecule is CC1(C)c2ccccc2-c2ccc(N(c3ccc(-c4ccccc4)cc3)c3ccc(-c4cc5ccc6ccccc6c5c5ccccc45)cc3)cc21. The average Bonchev–Trinajstić information content (AvgIpc) is 3.44. The zero-order valence-electron chi connectivity index (χ0n) is 29.3. The standard InChI is InChI=1S/C51H37N/c1-51(2)48-19-11-10-17-44(48)45-31-30-41(33-49(45)51)52(39-26-22-35(23-27-39)34-12-4-3-5-13-34)40-28-24-37(25-29-40)47-32-38-21-20-36-14-6-7-15-42(36)50(38)46-18-9-8-16-43(46)47/h3-33H,1-2H3. The van der Waals surface area contributed by atoms with Gasteiger partial charge in [0.15, 0.2) is 0 Å². The third kappa shape index (κ3) is 4.77. The van der Waals surface area contributed by atoms with E-state index in [0.29, 0.717) is 0 Å². The molecular formula is C51H37N. The predicted octanol–water partition coefficient (Wildman–Crippen LogP) is 14.3. The molecule has 1 heteroatoms. The van der Waals surface area contributed by atoms with Gasteiger partial charge in [0.2, 0.25) is 0 Å². The number of rotatable bonds is 5. The van der Waals surface area contributed by atoms with Gasteiger partial charge in [-0.25, -0.2) is 0 Å². The van der Waals surface area contributed by atoms with E-state index in [4.69, 9.17) is 0 Å². The lowest BCUT2D eigenvalue weighted by Crippen LogP contribution is -2.16. The molecule has 0 fully saturated rings. The van der Waals surface area contributed by atoms with E-state index in [1.165, 1.54) is 76.8 Å². The summed E-state index contributed by atoms with van der Waals surface area (Å²) in [7, 11) is 0. The van der Waals surface area contributed by atoms with Crippen LogP contribution in [0.15, 0.2) is 188 Å². The van der Waals surface area contributed by atoms with Crippen LogP contribution in [-0.2, 0) is 5.41 Å². The molecule has 0 radical (unpaired) electrons. The fourth-order valence-corrected chi connectivity index (χ4v) is 8.62. The Morgan fingerprint density at radius 3 is 1.67 bits per heavy atom. The van der Waals surface area contributed by atoms with Crippen molar-refractivity contribution in [3.05, 3.63) is 199 Å². The third-order valence-electron chi connectivity index (χ3n) is 11.2. The molecule has 1 aliphatic carbocycles. The maximum absolute atomic E-state index is 2.41. The minimum absolute atomic E-state index is 0.0862. The van der Waals surface area contributed by atoms with Crippen molar-refractivity contribution < 1.29 is 0 Å². The fraction of sp³-hybridized carbons (Fsp3) is 0.0588. The van der Waals surface area contributed by atoms with Gasteiger partial charge in [-0.05, 0) is 119 Å². The van der Waals surface area contributed by atoms with Crippen LogP contribution in [0, 0.1) is 0 Å². The van der Waals surface area contributed by atoms with Gasteiger partial charge in [0.1, 0.15) is 0 Å². The quantitative estimate of drug-likeness (QED) is 0.166. The maximum Gasteiger partial charge on any atom is 0.0465 e. The normalized spacial score (nSPS) is 13.0. The number of benzene rings is 9. The van der Waals surface area contributed by atoms with Crippen molar-refractivity contribution in [2.24, 2.45) is 0 Å². The van der Waals surface area contributed by atoms with Gasteiger partial charge in [-0.1, -0.05) is 159 Å². The van der Waals surface area contributed by atoms with Crippen LogP contribution in [0.5, 0.6) is 0 Å². The van der Waals surface area contributed by atoms with Gasteiger partial charge in [0.05, 0.1) is 0 Å². The van der Waals surface area contributed by atoms with Gasteiger partial charge >= 0.3 is 0 Å². The van der Waals surface area contributed by atoms with E-state index < -0.39 is 0 Å². The Hall–Kier alpha value is -6.44. The largest absolute Gasteiger partial charge is 0.310 e. The Labute approximate surface area is 305 Å². The molecule has 0 N–H and O–H groups in total. The summed E-state index contributed by atoms with van der Waals surface area (Å²) in [4.78, 5) is 2.41. The fourth-order valence-electron chi connectivity index (χ4n) is 8.62. The van der Waals surface area contributed by atoms with Crippen LogP contribution in [0.2, 0.25) is 0 Å². The highest BCUT2D eigenvalue weighted by Crippen LogP contribution is 2.51. The van der Waals surface area contributed by atoms with Gasteiger partial charge in [-0.15, -0.1) is 0 Å². The molecule has 10 rings (SSSR count). The van der Waals surface area contributed by atoms with Crippen molar-refractivity contribution in [1.82, 2.24) is 0 Å². The van der Waals surface area contributed by atoms with Crippen LogP contribution < -0.4 is 4.90 Å². The number of fused-ring (bicyclic) bond motifs is 8. The van der Waals surface area contributed by atoms with E-state index in [1.807, 2.05) is 0 Å². The van der Waals surface area contributed by atoms with E-state index in [9.17, 15) is 0 Å². The summed E-state index contributed by atoms with van der Waals surface area (Å²) >= 11 is 0. The molecule has 0 aromatic heterocycles. The summed E-state index contributed by atoms with van der Waals surface area (Å²) in [6, 6.07) is 69.1. The van der Waals surface area contributed by atoms with Gasteiger partial charge in [0.25, 0.3) is 0 Å². The van der Waals surface area contributed by atoms with Crippen LogP contribution in [0.25, 0.3) is 65.7 Å². The second-order valence-corrected chi connectivity index (χ2v) is 14.6. The average molecular weight is 664 g/mol. The third-order valence-corrected chi connectivity index (χ3v) is 11.2. The molecule has 1 aliphatic rings. The minimum Gasteiger partial charge on any atom is -0.310 e. The van der Waals surface area contributed by atoms with Crippen LogP contribution in [0.4, 0.5) is 17.1 Å². The molecule has 0 bridgehead atoms. The smallest absolute Gasteiger partial charge is 0.0465 e. The molecule has 9 aromatic carbocycles. The number of hydrogen-bond acceptors (Lipinski definition) is 1. The van der Waals surface area contributed by atoms with Crippen LogP contribution >= 0.6 is 0 Å². The first-order chi connectivity index (χ1) is 25.5. The monoisotopic (exact) mass is 663 g/mol. The first-order valence-corrected chi connectivity index (χ1v) is 18.2. The van der Waals surface area contributed by atoms with Crippen molar-refractivity contribution in [3.63, 3.8) is 0 Å². The predicted molar refractivity (Wildman–Crippen MR) is 222 cm³/mol. The topological polar surface area (TPSA) is 3.24 Å². The van der Waals surface area contributed by atoms with Crippen molar-refractivity contribution >= 4 is 49.4 Å². The van der Waals surface area contributed by atoms with Crippen molar-refractivity contribution in [2.75, 3.05) is 4.90 Å². The van der Waals surface area contributed by atoms with Crippen molar-refractivity contribution in [3.8, 4) is 33.4 Å². The highest BCUT2D eigenvalue weighted by molar-refractivity contribution is 6.23. The Balaban J connectivity index is 1.11. The first kappa shape index (κ1) is 30.4. The molecule has 0 amide bonds. The summed E-state index contributed by atoms with van der Waals surface area (Å²) in [5, 5.41) is 7.71. The van der Waals surface area contributed by atoms with Crippen molar-refractivity contribution in [2.45, 2.75) is 19.3 Å². The molecule has 0 aliphatic heterocycles. The second-order valence-electron chi connectivity index (χ2n) is 14.6. The molecule has 0 unspecified atom stereocenters. The Morgan fingerprint density at radius 1 is 0.346 bits per heavy atom. The molecule has 0 saturated heterocycles. The lowest BCUT2D eigenvalue weighted by atomic mass is 9.82. The molecular weight excluding hydrogens is 627 g/mol. The maximum atomic E-state index is 2.41. The summed E-state index contributed by atoms with van der Waals surface area (Å²) < 4.78 is 0. The highest BCUT2D eigenvalue weighted by atomic mass is 15.1. The summed E-state index contributed by atoms with van der Waals surface area (Å²) in [5.41, 5.74) is 13.6. The van der Waals surface area contributed by atoms with Gasteiger partial charge in [0, 0.05) is 22.5 Å². The number of nitrogens with zero attached hydrogens (tertiary/aromatic N) is 1. The Morgan fingerprint density at radius 2 is 0.904 bits per heavy atom. The van der Waals surface area contributed by atoms with Crippen molar-refractivity contribution in [1.29, 1.82) is 0 Å². The van der Waals surface area contributed by atoms with E-state index >= 15 is 0 Å². The molecule has 0 saturated carbocycles. The Kier molecular flexibility index (Phi) is 6.91. The van der Waals surface area contributed by atoms with Crippen LogP contribution in [-0.4, -0.2) is 0 Å². The lowest BCUT2D eigenvalue weighted by molar-refractivity contribution is 0.660. The number of anilines is 3. The Bertz CT molecular complexity index is 2790. The van der Waals surface area contributed by atoms with Gasteiger partial charge < -0.3 is 4.90 Å². The van der Waals surface area contributed by atoms with Gasteiger partial charge in [-0.3, -0.25) is 0 Å². The molecule has 0 atom stereocenters. The summed E-state index contributed by atoms with van der Waals surface area (Å²) in [5.74, 6) is 0. The molecule has 0 heterocycles. The molecule has 0 spiro atoms.